The highest BCUT2D eigenvalue weighted by molar-refractivity contribution is 6.03. The van der Waals surface area contributed by atoms with Crippen LogP contribution in [0.5, 0.6) is 0 Å². The summed E-state index contributed by atoms with van der Waals surface area (Å²) in [5.74, 6) is -1.05. The second-order valence-corrected chi connectivity index (χ2v) is 4.13. The van der Waals surface area contributed by atoms with Gasteiger partial charge >= 0.3 is 5.97 Å². The Morgan fingerprint density at radius 3 is 2.94 bits per heavy atom. The van der Waals surface area contributed by atoms with E-state index in [4.69, 9.17) is 4.74 Å². The monoisotopic (exact) mass is 220 g/mol. The summed E-state index contributed by atoms with van der Waals surface area (Å²) in [6, 6.07) is 1.82. The van der Waals surface area contributed by atoms with Gasteiger partial charge in [-0.1, -0.05) is 6.08 Å². The van der Waals surface area contributed by atoms with Crippen LogP contribution in [0.3, 0.4) is 0 Å². The number of hydrogen-bond acceptors (Lipinski definition) is 5. The molecule has 0 aliphatic carbocycles. The number of ether oxygens (including phenoxy) is 1. The minimum atomic E-state index is -1.18. The molecule has 0 aromatic heterocycles. The van der Waals surface area contributed by atoms with Crippen molar-refractivity contribution in [1.29, 1.82) is 5.26 Å². The van der Waals surface area contributed by atoms with E-state index >= 15 is 0 Å². The second kappa shape index (κ2) is 3.42. The van der Waals surface area contributed by atoms with Crippen LogP contribution < -0.4 is 0 Å². The Morgan fingerprint density at radius 2 is 2.44 bits per heavy atom. The number of carbonyl (C=O) groups excluding carboxylic acids is 2. The topological polar surface area (TPSA) is 70.4 Å². The largest absolute Gasteiger partial charge is 0.469 e. The third-order valence-corrected chi connectivity index (χ3v) is 3.52. The molecule has 0 spiro atoms. The van der Waals surface area contributed by atoms with Crippen molar-refractivity contribution >= 4 is 11.8 Å². The molecule has 3 unspecified atom stereocenters. The van der Waals surface area contributed by atoms with E-state index in [0.717, 1.165) is 0 Å². The fourth-order valence-corrected chi connectivity index (χ4v) is 2.52. The number of rotatable bonds is 1. The van der Waals surface area contributed by atoms with E-state index in [1.54, 1.807) is 18.0 Å². The fourth-order valence-electron chi connectivity index (χ4n) is 2.52. The maximum atomic E-state index is 11.8. The van der Waals surface area contributed by atoms with Gasteiger partial charge in [0.2, 0.25) is 0 Å². The maximum Gasteiger partial charge on any atom is 0.310 e. The average molecular weight is 220 g/mol. The zero-order valence-electron chi connectivity index (χ0n) is 9.14. The molecule has 5 heteroatoms. The summed E-state index contributed by atoms with van der Waals surface area (Å²) in [5, 5.41) is 9.18. The first-order valence-corrected chi connectivity index (χ1v) is 5.01. The summed E-state index contributed by atoms with van der Waals surface area (Å²) >= 11 is 0. The van der Waals surface area contributed by atoms with E-state index in [-0.39, 0.29) is 24.2 Å². The van der Waals surface area contributed by atoms with E-state index in [1.807, 2.05) is 6.07 Å². The van der Waals surface area contributed by atoms with Gasteiger partial charge in [0.05, 0.1) is 19.1 Å². The van der Waals surface area contributed by atoms with Gasteiger partial charge in [-0.3, -0.25) is 14.5 Å². The molecule has 2 aliphatic rings. The predicted molar refractivity (Wildman–Crippen MR) is 54.2 cm³/mol. The third-order valence-electron chi connectivity index (χ3n) is 3.52. The van der Waals surface area contributed by atoms with Crippen molar-refractivity contribution in [3.63, 3.8) is 0 Å². The maximum absolute atomic E-state index is 11.8. The van der Waals surface area contributed by atoms with Crippen LogP contribution in [0, 0.1) is 17.2 Å². The van der Waals surface area contributed by atoms with Crippen molar-refractivity contribution < 1.29 is 14.3 Å². The molecule has 16 heavy (non-hydrogen) atoms. The molecule has 1 saturated heterocycles. The van der Waals surface area contributed by atoms with E-state index in [0.29, 0.717) is 0 Å². The minimum Gasteiger partial charge on any atom is -0.469 e. The van der Waals surface area contributed by atoms with Crippen molar-refractivity contribution in [2.45, 2.75) is 18.0 Å². The molecule has 2 bridgehead atoms. The standard InChI is InChI=1S/C11H12N2O3/c1-13-8-3-4-9(14)11(13,6-12)5-7(8)10(15)16-2/h3-4,7-8H,5H2,1-2H3. The first-order chi connectivity index (χ1) is 7.56. The number of esters is 1. The lowest BCUT2D eigenvalue weighted by molar-refractivity contribution is -0.145. The number of likely N-dealkylation sites (N-methyl/N-ethyl adjacent to an activating group) is 1. The SMILES string of the molecule is COC(=O)C1CC2(C#N)C(=O)C=CC1N2C. The lowest BCUT2D eigenvalue weighted by Crippen LogP contribution is -2.51. The highest BCUT2D eigenvalue weighted by Crippen LogP contribution is 2.41. The smallest absolute Gasteiger partial charge is 0.310 e. The molecule has 2 heterocycles. The molecule has 0 amide bonds. The quantitative estimate of drug-likeness (QED) is 0.576. The van der Waals surface area contributed by atoms with Crippen molar-refractivity contribution in [1.82, 2.24) is 4.90 Å². The van der Waals surface area contributed by atoms with Crippen LogP contribution in [0.1, 0.15) is 6.42 Å². The second-order valence-electron chi connectivity index (χ2n) is 4.13. The van der Waals surface area contributed by atoms with Crippen molar-refractivity contribution in [2.24, 2.45) is 5.92 Å². The van der Waals surface area contributed by atoms with Gasteiger partial charge in [-0.2, -0.15) is 5.26 Å². The molecule has 1 fully saturated rings. The summed E-state index contributed by atoms with van der Waals surface area (Å²) in [4.78, 5) is 25.0. The zero-order valence-corrected chi connectivity index (χ0v) is 9.14. The fraction of sp³-hybridized carbons (Fsp3) is 0.545. The van der Waals surface area contributed by atoms with Gasteiger partial charge < -0.3 is 4.74 Å². The number of nitrogens with zero attached hydrogens (tertiary/aromatic N) is 2. The number of ketones is 1. The highest BCUT2D eigenvalue weighted by atomic mass is 16.5. The van der Waals surface area contributed by atoms with E-state index in [1.165, 1.54) is 13.2 Å². The molecule has 0 radical (unpaired) electrons. The van der Waals surface area contributed by atoms with Crippen LogP contribution in [-0.4, -0.2) is 42.4 Å². The van der Waals surface area contributed by atoms with Gasteiger partial charge in [-0.25, -0.2) is 0 Å². The van der Waals surface area contributed by atoms with E-state index in [9.17, 15) is 14.9 Å². The van der Waals surface area contributed by atoms with E-state index < -0.39 is 11.5 Å². The number of carbonyl (C=O) groups is 2. The lowest BCUT2D eigenvalue weighted by Gasteiger charge is -2.32. The van der Waals surface area contributed by atoms with Crippen molar-refractivity contribution in [2.75, 3.05) is 14.2 Å². The summed E-state index contributed by atoms with van der Waals surface area (Å²) in [5.41, 5.74) is -1.18. The van der Waals surface area contributed by atoms with Crippen molar-refractivity contribution in [3.05, 3.63) is 12.2 Å². The first-order valence-electron chi connectivity index (χ1n) is 5.01. The number of methoxy groups -OCH3 is 1. The van der Waals surface area contributed by atoms with Gasteiger partial charge in [0, 0.05) is 12.5 Å². The van der Waals surface area contributed by atoms with Gasteiger partial charge in [-0.15, -0.1) is 0 Å². The molecule has 0 aromatic rings. The summed E-state index contributed by atoms with van der Waals surface area (Å²) < 4.78 is 4.70. The molecular formula is C11H12N2O3. The van der Waals surface area contributed by atoms with Crippen LogP contribution >= 0.6 is 0 Å². The molecule has 2 rings (SSSR count). The van der Waals surface area contributed by atoms with Crippen LogP contribution in [0.4, 0.5) is 0 Å². The molecule has 0 aromatic carbocycles. The number of hydrogen-bond donors (Lipinski definition) is 0. The lowest BCUT2D eigenvalue weighted by atomic mass is 9.90. The Kier molecular flexibility index (Phi) is 2.32. The molecule has 0 N–H and O–H groups in total. The number of nitriles is 1. The predicted octanol–water partition coefficient (Wildman–Crippen LogP) is -0.119. The first kappa shape index (κ1) is 10.8. The van der Waals surface area contributed by atoms with Crippen LogP contribution in [0.15, 0.2) is 12.2 Å². The Labute approximate surface area is 93.3 Å². The Morgan fingerprint density at radius 1 is 1.75 bits per heavy atom. The zero-order chi connectivity index (χ0) is 11.9. The van der Waals surface area contributed by atoms with Crippen molar-refractivity contribution in [3.8, 4) is 6.07 Å². The molecule has 0 saturated carbocycles. The van der Waals surface area contributed by atoms with Crippen LogP contribution in [-0.2, 0) is 14.3 Å². The Balaban J connectivity index is 2.43. The number of fused-ring (bicyclic) bond motifs is 2. The molecular weight excluding hydrogens is 208 g/mol. The average Bonchev–Trinajstić information content (AvgIpc) is 2.49. The summed E-state index contributed by atoms with van der Waals surface area (Å²) in [6.45, 7) is 0. The summed E-state index contributed by atoms with van der Waals surface area (Å²) in [7, 11) is 3.01. The third kappa shape index (κ3) is 1.14. The Hall–Kier alpha value is -1.67. The normalized spacial score (nSPS) is 37.2. The molecule has 5 nitrogen and oxygen atoms in total. The van der Waals surface area contributed by atoms with Crippen LogP contribution in [0.25, 0.3) is 0 Å². The minimum absolute atomic E-state index is 0.211. The van der Waals surface area contributed by atoms with Gasteiger partial charge in [0.25, 0.3) is 0 Å². The van der Waals surface area contributed by atoms with Gasteiger partial charge in [-0.05, 0) is 13.1 Å². The molecule has 2 aliphatic heterocycles. The highest BCUT2D eigenvalue weighted by Gasteiger charge is 2.58. The Bertz CT molecular complexity index is 423. The van der Waals surface area contributed by atoms with E-state index in [2.05, 4.69) is 0 Å². The van der Waals surface area contributed by atoms with Crippen LogP contribution in [0.2, 0.25) is 0 Å². The van der Waals surface area contributed by atoms with Gasteiger partial charge in [0.1, 0.15) is 0 Å². The molecule has 3 atom stereocenters. The molecule has 84 valence electrons. The van der Waals surface area contributed by atoms with Gasteiger partial charge in [0.15, 0.2) is 11.3 Å². The summed E-state index contributed by atoms with van der Waals surface area (Å²) in [6.07, 6.45) is 3.28.